The molecule has 1 aliphatic rings. The maximum absolute atomic E-state index is 14.2. The first-order chi connectivity index (χ1) is 19.5. The highest BCUT2D eigenvalue weighted by molar-refractivity contribution is 7.89. The van der Waals surface area contributed by atoms with E-state index in [9.17, 15) is 13.2 Å². The molecular weight excluding hydrogens is 516 g/mol. The Morgan fingerprint density at radius 2 is 1.32 bits per heavy atom. The minimum absolute atomic E-state index is 0.0197. The van der Waals surface area contributed by atoms with Gasteiger partial charge in [0.05, 0.1) is 4.90 Å². The second-order valence-corrected chi connectivity index (χ2v) is 12.5. The Kier molecular flexibility index (Phi) is 9.30. The van der Waals surface area contributed by atoms with Crippen molar-refractivity contribution >= 4 is 26.7 Å². The monoisotopic (exact) mass is 554 g/mol. The molecule has 0 radical (unpaired) electrons. The first-order valence-electron chi connectivity index (χ1n) is 14.4. The molecule has 0 aromatic heterocycles. The number of nitrogens with zero attached hydrogens (tertiary/aromatic N) is 2. The zero-order chi connectivity index (χ0) is 27.8. The van der Waals surface area contributed by atoms with E-state index in [1.54, 1.807) is 10.4 Å². The summed E-state index contributed by atoms with van der Waals surface area (Å²) >= 11 is 0. The molecule has 4 aromatic carbocycles. The topological polar surface area (TPSA) is 57.7 Å². The molecule has 0 unspecified atom stereocenters. The fraction of sp³-hybridized carbons (Fsp3) is 0.324. The van der Waals surface area contributed by atoms with Crippen molar-refractivity contribution in [1.29, 1.82) is 0 Å². The van der Waals surface area contributed by atoms with Crippen molar-refractivity contribution in [2.45, 2.75) is 62.4 Å². The quantitative estimate of drug-likeness (QED) is 0.204. The van der Waals surface area contributed by atoms with Gasteiger partial charge >= 0.3 is 0 Å². The van der Waals surface area contributed by atoms with E-state index in [1.807, 2.05) is 89.8 Å². The van der Waals surface area contributed by atoms with Gasteiger partial charge < -0.3 is 4.90 Å². The number of carbonyl (C=O) groups excluding carboxylic acids is 1. The highest BCUT2D eigenvalue weighted by Gasteiger charge is 2.34. The molecule has 0 atom stereocenters. The first kappa shape index (κ1) is 28.1. The van der Waals surface area contributed by atoms with Crippen LogP contribution in [-0.2, 0) is 27.8 Å². The summed E-state index contributed by atoms with van der Waals surface area (Å²) in [6, 6.07) is 33.2. The summed E-state index contributed by atoms with van der Waals surface area (Å²) in [5, 5.41) is 1.63. The summed E-state index contributed by atoms with van der Waals surface area (Å²) in [6.07, 6.45) is 5.72. The predicted molar refractivity (Wildman–Crippen MR) is 161 cm³/mol. The van der Waals surface area contributed by atoms with E-state index in [0.717, 1.165) is 54.9 Å². The van der Waals surface area contributed by atoms with Crippen molar-refractivity contribution in [3.8, 4) is 0 Å². The number of hydrogen-bond donors (Lipinski definition) is 0. The fourth-order valence-electron chi connectivity index (χ4n) is 5.78. The summed E-state index contributed by atoms with van der Waals surface area (Å²) in [5.41, 5.74) is 2.24. The van der Waals surface area contributed by atoms with E-state index >= 15 is 0 Å². The van der Waals surface area contributed by atoms with Crippen LogP contribution in [0.15, 0.2) is 108 Å². The van der Waals surface area contributed by atoms with E-state index in [-0.39, 0.29) is 24.9 Å². The van der Waals surface area contributed by atoms with Crippen LogP contribution in [0.5, 0.6) is 0 Å². The van der Waals surface area contributed by atoms with Crippen molar-refractivity contribution in [3.05, 3.63) is 114 Å². The summed E-state index contributed by atoms with van der Waals surface area (Å²) in [6.45, 7) is 1.27. The van der Waals surface area contributed by atoms with Crippen LogP contribution >= 0.6 is 0 Å². The van der Waals surface area contributed by atoms with Crippen LogP contribution in [-0.4, -0.2) is 42.7 Å². The van der Waals surface area contributed by atoms with Crippen LogP contribution in [0.4, 0.5) is 0 Å². The molecule has 5 rings (SSSR count). The van der Waals surface area contributed by atoms with E-state index in [4.69, 9.17) is 0 Å². The highest BCUT2D eigenvalue weighted by Crippen LogP contribution is 2.31. The van der Waals surface area contributed by atoms with Crippen molar-refractivity contribution in [1.82, 2.24) is 9.21 Å². The average Bonchev–Trinajstić information content (AvgIpc) is 3.00. The van der Waals surface area contributed by atoms with E-state index < -0.39 is 10.0 Å². The minimum atomic E-state index is -3.80. The minimum Gasteiger partial charge on any atom is -0.338 e. The lowest BCUT2D eigenvalue weighted by molar-refractivity contribution is -0.132. The van der Waals surface area contributed by atoms with Gasteiger partial charge in [0.1, 0.15) is 0 Å². The van der Waals surface area contributed by atoms with Crippen molar-refractivity contribution in [3.63, 3.8) is 0 Å². The van der Waals surface area contributed by atoms with Gasteiger partial charge in [-0.05, 0) is 41.8 Å². The second kappa shape index (κ2) is 13.2. The van der Waals surface area contributed by atoms with Crippen molar-refractivity contribution in [2.24, 2.45) is 0 Å². The number of carbonyl (C=O) groups is 1. The molecule has 0 bridgehead atoms. The predicted octanol–water partition coefficient (Wildman–Crippen LogP) is 6.82. The zero-order valence-electron chi connectivity index (χ0n) is 23.0. The van der Waals surface area contributed by atoms with Gasteiger partial charge in [-0.3, -0.25) is 4.79 Å². The smallest absolute Gasteiger partial charge is 0.243 e. The SMILES string of the molecule is O=C(CCN(C1CCCCC1)S(=O)(=O)c1cccc2ccccc12)N(CCc1ccccc1)Cc1ccccc1. The van der Waals surface area contributed by atoms with Gasteiger partial charge in [0.25, 0.3) is 0 Å². The van der Waals surface area contributed by atoms with E-state index in [2.05, 4.69) is 12.1 Å². The molecule has 0 saturated heterocycles. The van der Waals surface area contributed by atoms with Gasteiger partial charge in [-0.1, -0.05) is 116 Å². The van der Waals surface area contributed by atoms with Crippen LogP contribution in [0.3, 0.4) is 0 Å². The zero-order valence-corrected chi connectivity index (χ0v) is 23.8. The van der Waals surface area contributed by atoms with Gasteiger partial charge in [-0.2, -0.15) is 4.31 Å². The molecule has 1 aliphatic carbocycles. The maximum atomic E-state index is 14.2. The molecule has 0 N–H and O–H groups in total. The molecule has 0 aliphatic heterocycles. The molecule has 5 nitrogen and oxygen atoms in total. The maximum Gasteiger partial charge on any atom is 0.243 e. The lowest BCUT2D eigenvalue weighted by Crippen LogP contribution is -2.44. The number of hydrogen-bond acceptors (Lipinski definition) is 3. The standard InChI is InChI=1S/C34H38N2O3S/c37-34(35(27-29-15-6-2-7-16-29)25-23-28-13-4-1-5-14-28)24-26-36(31-19-8-3-9-20-31)40(38,39)33-22-12-18-30-17-10-11-21-32(30)33/h1-2,4-7,10-18,21-22,31H,3,8-9,19-20,23-27H2. The number of rotatable bonds is 11. The van der Waals surface area contributed by atoms with E-state index in [0.29, 0.717) is 18.0 Å². The Hall–Kier alpha value is -3.48. The molecule has 1 amide bonds. The number of benzene rings is 4. The van der Waals surface area contributed by atoms with Gasteiger partial charge in [0.15, 0.2) is 0 Å². The largest absolute Gasteiger partial charge is 0.338 e. The Balaban J connectivity index is 1.38. The normalized spacial score (nSPS) is 14.4. The third kappa shape index (κ3) is 6.80. The summed E-state index contributed by atoms with van der Waals surface area (Å²) in [4.78, 5) is 15.9. The fourth-order valence-corrected chi connectivity index (χ4v) is 7.69. The molecule has 208 valence electrons. The number of fused-ring (bicyclic) bond motifs is 1. The van der Waals surface area contributed by atoms with Crippen molar-refractivity contribution in [2.75, 3.05) is 13.1 Å². The Bertz CT molecular complexity index is 1500. The molecule has 1 saturated carbocycles. The van der Waals surface area contributed by atoms with Crippen LogP contribution in [0.25, 0.3) is 10.8 Å². The summed E-state index contributed by atoms with van der Waals surface area (Å²) in [7, 11) is -3.80. The van der Waals surface area contributed by atoms with Gasteiger partial charge in [0.2, 0.25) is 15.9 Å². The second-order valence-electron chi connectivity index (χ2n) is 10.7. The van der Waals surface area contributed by atoms with Crippen LogP contribution in [0.1, 0.15) is 49.7 Å². The molecule has 0 spiro atoms. The van der Waals surface area contributed by atoms with Crippen molar-refractivity contribution < 1.29 is 13.2 Å². The lowest BCUT2D eigenvalue weighted by atomic mass is 9.95. The van der Waals surface area contributed by atoms with Gasteiger partial charge in [0, 0.05) is 37.5 Å². The Morgan fingerprint density at radius 1 is 0.700 bits per heavy atom. The van der Waals surface area contributed by atoms with Crippen LogP contribution in [0, 0.1) is 0 Å². The molecule has 0 heterocycles. The third-order valence-corrected chi connectivity index (χ3v) is 9.96. The van der Waals surface area contributed by atoms with Gasteiger partial charge in [-0.15, -0.1) is 0 Å². The van der Waals surface area contributed by atoms with E-state index in [1.165, 1.54) is 5.56 Å². The number of amides is 1. The Morgan fingerprint density at radius 3 is 2.05 bits per heavy atom. The average molecular weight is 555 g/mol. The van der Waals surface area contributed by atoms with Crippen LogP contribution < -0.4 is 0 Å². The number of sulfonamides is 1. The van der Waals surface area contributed by atoms with Gasteiger partial charge in [-0.25, -0.2) is 8.42 Å². The summed E-state index contributed by atoms with van der Waals surface area (Å²) in [5.74, 6) is -0.0197. The third-order valence-electron chi connectivity index (χ3n) is 7.95. The first-order valence-corrected chi connectivity index (χ1v) is 15.8. The highest BCUT2D eigenvalue weighted by atomic mass is 32.2. The Labute approximate surface area is 238 Å². The lowest BCUT2D eigenvalue weighted by Gasteiger charge is -2.34. The molecule has 6 heteroatoms. The molecule has 4 aromatic rings. The molecular formula is C34H38N2O3S. The van der Waals surface area contributed by atoms with Crippen LogP contribution in [0.2, 0.25) is 0 Å². The summed E-state index contributed by atoms with van der Waals surface area (Å²) < 4.78 is 30.1. The molecule has 40 heavy (non-hydrogen) atoms. The molecule has 1 fully saturated rings.